The zero-order chi connectivity index (χ0) is 22.4. The Bertz CT molecular complexity index is 1320. The summed E-state index contributed by atoms with van der Waals surface area (Å²) in [6.07, 6.45) is 0. The topological polar surface area (TPSA) is 52.9 Å². The van der Waals surface area contributed by atoms with Crippen molar-refractivity contribution in [2.24, 2.45) is 7.05 Å². The van der Waals surface area contributed by atoms with Crippen LogP contribution in [0.2, 0.25) is 0 Å². The highest BCUT2D eigenvalue weighted by Crippen LogP contribution is 2.47. The molecule has 5 rings (SSSR count). The third kappa shape index (κ3) is 2.83. The van der Waals surface area contributed by atoms with Gasteiger partial charge in [-0.15, -0.1) is 0 Å². The molecule has 0 N–H and O–H groups in total. The van der Waals surface area contributed by atoms with Crippen molar-refractivity contribution >= 4 is 22.5 Å². The summed E-state index contributed by atoms with van der Waals surface area (Å²) in [6, 6.07) is 21.2. The normalized spacial score (nSPS) is 15.2. The highest BCUT2D eigenvalue weighted by Gasteiger charge is 2.43. The van der Waals surface area contributed by atoms with Gasteiger partial charge in [0.05, 0.1) is 27.4 Å². The van der Waals surface area contributed by atoms with E-state index in [0.717, 1.165) is 33.5 Å². The molecular formula is C26H24N2O4. The van der Waals surface area contributed by atoms with Gasteiger partial charge in [-0.05, 0) is 48.0 Å². The lowest BCUT2D eigenvalue weighted by atomic mass is 9.97. The summed E-state index contributed by atoms with van der Waals surface area (Å²) in [4.78, 5) is 15.7. The summed E-state index contributed by atoms with van der Waals surface area (Å²) in [5.74, 6) is 1.98. The third-order valence-corrected chi connectivity index (χ3v) is 6.17. The summed E-state index contributed by atoms with van der Waals surface area (Å²) in [6.45, 7) is 0. The number of nitrogens with zero attached hydrogens (tertiary/aromatic N) is 2. The van der Waals surface area contributed by atoms with Crippen LogP contribution in [0.15, 0.2) is 66.7 Å². The van der Waals surface area contributed by atoms with Crippen LogP contribution in [-0.4, -0.2) is 31.8 Å². The van der Waals surface area contributed by atoms with Crippen molar-refractivity contribution in [2.45, 2.75) is 6.04 Å². The third-order valence-electron chi connectivity index (χ3n) is 6.17. The molecule has 0 bridgehead atoms. The van der Waals surface area contributed by atoms with E-state index in [-0.39, 0.29) is 11.9 Å². The molecule has 1 aliphatic rings. The first-order valence-corrected chi connectivity index (χ1v) is 10.4. The van der Waals surface area contributed by atoms with Crippen molar-refractivity contribution in [3.63, 3.8) is 0 Å². The minimum Gasteiger partial charge on any atom is -0.497 e. The zero-order valence-corrected chi connectivity index (χ0v) is 18.5. The molecule has 2 heterocycles. The van der Waals surface area contributed by atoms with Gasteiger partial charge in [-0.25, -0.2) is 0 Å². The van der Waals surface area contributed by atoms with E-state index in [1.54, 1.807) is 21.3 Å². The predicted molar refractivity (Wildman–Crippen MR) is 124 cm³/mol. The number of rotatable bonds is 5. The van der Waals surface area contributed by atoms with Gasteiger partial charge < -0.3 is 18.8 Å². The Morgan fingerprint density at radius 1 is 0.812 bits per heavy atom. The van der Waals surface area contributed by atoms with Crippen molar-refractivity contribution in [2.75, 3.05) is 26.2 Å². The first-order chi connectivity index (χ1) is 15.6. The maximum Gasteiger partial charge on any atom is 0.276 e. The number of benzene rings is 3. The minimum absolute atomic E-state index is 0.0383. The molecule has 6 heteroatoms. The first kappa shape index (κ1) is 20.0. The largest absolute Gasteiger partial charge is 0.497 e. The number of carbonyl (C=O) groups is 1. The summed E-state index contributed by atoms with van der Waals surface area (Å²) >= 11 is 0. The summed E-state index contributed by atoms with van der Waals surface area (Å²) < 4.78 is 18.3. The number of carbonyl (C=O) groups excluding carboxylic acids is 1. The van der Waals surface area contributed by atoms with Crippen LogP contribution >= 0.6 is 0 Å². The van der Waals surface area contributed by atoms with Gasteiger partial charge in [-0.2, -0.15) is 0 Å². The van der Waals surface area contributed by atoms with Crippen molar-refractivity contribution < 1.29 is 19.0 Å². The number of aromatic nitrogens is 1. The van der Waals surface area contributed by atoms with Gasteiger partial charge in [0, 0.05) is 29.2 Å². The van der Waals surface area contributed by atoms with Crippen LogP contribution in [0.1, 0.15) is 27.7 Å². The average Bonchev–Trinajstić information content (AvgIpc) is 3.31. The smallest absolute Gasteiger partial charge is 0.276 e. The van der Waals surface area contributed by atoms with E-state index in [4.69, 9.17) is 14.2 Å². The number of aryl methyl sites for hydroxylation is 1. The average molecular weight is 428 g/mol. The Labute approximate surface area is 186 Å². The Morgan fingerprint density at radius 3 is 2.22 bits per heavy atom. The van der Waals surface area contributed by atoms with E-state index in [2.05, 4.69) is 6.07 Å². The van der Waals surface area contributed by atoms with E-state index in [0.29, 0.717) is 17.2 Å². The molecule has 0 unspecified atom stereocenters. The number of para-hydroxylation sites is 1. The molecule has 0 spiro atoms. The number of ether oxygens (including phenoxy) is 3. The van der Waals surface area contributed by atoms with Crippen LogP contribution in [0.3, 0.4) is 0 Å². The molecule has 0 saturated carbocycles. The van der Waals surface area contributed by atoms with E-state index < -0.39 is 0 Å². The molecule has 1 aliphatic heterocycles. The van der Waals surface area contributed by atoms with Gasteiger partial charge in [0.15, 0.2) is 11.5 Å². The highest BCUT2D eigenvalue weighted by atomic mass is 16.5. The second-order valence-corrected chi connectivity index (χ2v) is 7.73. The van der Waals surface area contributed by atoms with Gasteiger partial charge in [0.1, 0.15) is 11.4 Å². The number of amides is 1. The Morgan fingerprint density at radius 2 is 1.53 bits per heavy atom. The number of methoxy groups -OCH3 is 3. The van der Waals surface area contributed by atoms with Crippen LogP contribution < -0.4 is 19.1 Å². The van der Waals surface area contributed by atoms with Crippen LogP contribution in [0.5, 0.6) is 17.2 Å². The standard InChI is InChI=1S/C26H24N2O4/c1-27-20-8-6-5-7-19(20)23-24(16-9-14-21(31-3)22(15-16)32-4)28(26(29)25(23)27)17-10-12-18(30-2)13-11-17/h5-15,24H,1-4H3/t24-/m1/s1. The van der Waals surface area contributed by atoms with E-state index in [9.17, 15) is 4.79 Å². The molecule has 1 atom stereocenters. The fourth-order valence-electron chi connectivity index (χ4n) is 4.67. The van der Waals surface area contributed by atoms with Crippen LogP contribution in [0.25, 0.3) is 10.9 Å². The molecule has 0 aliphatic carbocycles. The molecule has 1 amide bonds. The fourth-order valence-corrected chi connectivity index (χ4v) is 4.67. The van der Waals surface area contributed by atoms with Crippen molar-refractivity contribution in [3.05, 3.63) is 83.6 Å². The van der Waals surface area contributed by atoms with Gasteiger partial charge in [0.2, 0.25) is 0 Å². The molecule has 32 heavy (non-hydrogen) atoms. The van der Waals surface area contributed by atoms with E-state index >= 15 is 0 Å². The van der Waals surface area contributed by atoms with Crippen molar-refractivity contribution in [1.29, 1.82) is 0 Å². The molecule has 162 valence electrons. The van der Waals surface area contributed by atoms with Gasteiger partial charge in [0.25, 0.3) is 5.91 Å². The molecule has 0 radical (unpaired) electrons. The van der Waals surface area contributed by atoms with Gasteiger partial charge in [-0.3, -0.25) is 9.69 Å². The summed E-state index contributed by atoms with van der Waals surface area (Å²) in [5, 5.41) is 1.06. The maximum atomic E-state index is 13.8. The highest BCUT2D eigenvalue weighted by molar-refractivity contribution is 6.15. The Balaban J connectivity index is 1.76. The maximum absolute atomic E-state index is 13.8. The summed E-state index contributed by atoms with van der Waals surface area (Å²) in [7, 11) is 6.81. The number of hydrogen-bond donors (Lipinski definition) is 0. The number of anilines is 1. The van der Waals surface area contributed by atoms with Crippen LogP contribution in [-0.2, 0) is 7.05 Å². The number of hydrogen-bond acceptors (Lipinski definition) is 4. The zero-order valence-electron chi connectivity index (χ0n) is 18.5. The van der Waals surface area contributed by atoms with Crippen molar-refractivity contribution in [1.82, 2.24) is 4.57 Å². The second-order valence-electron chi connectivity index (χ2n) is 7.73. The lowest BCUT2D eigenvalue weighted by molar-refractivity contribution is 0.0986. The second kappa shape index (κ2) is 7.64. The Kier molecular flexibility index (Phi) is 4.78. The van der Waals surface area contributed by atoms with Gasteiger partial charge in [-0.1, -0.05) is 24.3 Å². The summed E-state index contributed by atoms with van der Waals surface area (Å²) in [5.41, 5.74) is 4.47. The molecular weight excluding hydrogens is 404 g/mol. The number of fused-ring (bicyclic) bond motifs is 3. The molecule has 0 saturated heterocycles. The van der Waals surface area contributed by atoms with Crippen molar-refractivity contribution in [3.8, 4) is 17.2 Å². The van der Waals surface area contributed by atoms with E-state index in [1.165, 1.54) is 0 Å². The quantitative estimate of drug-likeness (QED) is 0.451. The van der Waals surface area contributed by atoms with Crippen LogP contribution in [0.4, 0.5) is 5.69 Å². The fraction of sp³-hybridized carbons (Fsp3) is 0.192. The molecule has 6 nitrogen and oxygen atoms in total. The molecule has 4 aromatic rings. The molecule has 3 aromatic carbocycles. The van der Waals surface area contributed by atoms with E-state index in [1.807, 2.05) is 77.2 Å². The molecule has 1 aromatic heterocycles. The minimum atomic E-state index is -0.309. The predicted octanol–water partition coefficient (Wildman–Crippen LogP) is 4.95. The lowest BCUT2D eigenvalue weighted by Crippen LogP contribution is -2.29. The van der Waals surface area contributed by atoms with Crippen LogP contribution in [0, 0.1) is 0 Å². The van der Waals surface area contributed by atoms with Gasteiger partial charge >= 0.3 is 0 Å². The lowest BCUT2D eigenvalue weighted by Gasteiger charge is -2.27. The monoisotopic (exact) mass is 428 g/mol. The Hall–Kier alpha value is -3.93. The molecule has 0 fully saturated rings. The SMILES string of the molecule is COc1ccc(N2C(=O)c3c(c4ccccc4n3C)[C@H]2c2ccc(OC)c(OC)c2)cc1. The first-order valence-electron chi connectivity index (χ1n) is 10.4.